The highest BCUT2D eigenvalue weighted by Gasteiger charge is 2.44. The van der Waals surface area contributed by atoms with Gasteiger partial charge in [-0.2, -0.15) is 26.3 Å². The van der Waals surface area contributed by atoms with E-state index in [2.05, 4.69) is 19.9 Å². The number of ether oxygens (including phenoxy) is 1. The summed E-state index contributed by atoms with van der Waals surface area (Å²) in [6, 6.07) is 5.35. The number of hydrogen-bond donors (Lipinski definition) is 0. The van der Waals surface area contributed by atoms with Crippen LogP contribution in [0.25, 0.3) is 22.9 Å². The SMILES string of the molecule is O=C(Oc1c(-c2nnc(-c3cccnc3)o2)cccc1C(F)(F)F)C(F)(F)F. The molecule has 0 atom stereocenters. The van der Waals surface area contributed by atoms with Crippen molar-refractivity contribution in [3.63, 3.8) is 0 Å². The number of halogens is 6. The third-order valence-electron chi connectivity index (χ3n) is 3.31. The van der Waals surface area contributed by atoms with Crippen LogP contribution >= 0.6 is 0 Å². The fraction of sp³-hybridized carbons (Fsp3) is 0.125. The van der Waals surface area contributed by atoms with Crippen molar-refractivity contribution in [2.24, 2.45) is 0 Å². The Bertz CT molecular complexity index is 999. The topological polar surface area (TPSA) is 78.1 Å². The molecule has 0 spiro atoms. The standard InChI is InChI=1S/C16H7F6N3O3/c17-15(18,19)10-5-1-4-9(11(10)27-14(26)16(20,21)22)13-25-24-12(28-13)8-3-2-6-23-7-8/h1-7H. The van der Waals surface area contributed by atoms with Crippen LogP contribution in [0.2, 0.25) is 0 Å². The molecule has 2 aromatic heterocycles. The predicted molar refractivity (Wildman–Crippen MR) is 79.7 cm³/mol. The second-order valence-electron chi connectivity index (χ2n) is 5.22. The maximum Gasteiger partial charge on any atom is 0.491 e. The normalized spacial score (nSPS) is 12.1. The number of nitrogens with zero attached hydrogens (tertiary/aromatic N) is 3. The molecule has 0 saturated heterocycles. The quantitative estimate of drug-likeness (QED) is 0.369. The van der Waals surface area contributed by atoms with E-state index in [1.165, 1.54) is 24.5 Å². The van der Waals surface area contributed by atoms with Crippen LogP contribution < -0.4 is 4.74 Å². The molecule has 0 aliphatic heterocycles. The minimum absolute atomic E-state index is 0.145. The minimum Gasteiger partial charge on any atom is -0.418 e. The van der Waals surface area contributed by atoms with E-state index in [4.69, 9.17) is 4.42 Å². The Morgan fingerprint density at radius 1 is 0.964 bits per heavy atom. The molecule has 0 bridgehead atoms. The summed E-state index contributed by atoms with van der Waals surface area (Å²) in [5.41, 5.74) is -1.92. The lowest BCUT2D eigenvalue weighted by molar-refractivity contribution is -0.190. The summed E-state index contributed by atoms with van der Waals surface area (Å²) in [6.45, 7) is 0. The monoisotopic (exact) mass is 403 g/mol. The van der Waals surface area contributed by atoms with Crippen LogP contribution in [0, 0.1) is 0 Å². The fourth-order valence-corrected chi connectivity index (χ4v) is 2.13. The van der Waals surface area contributed by atoms with E-state index in [0.29, 0.717) is 11.6 Å². The van der Waals surface area contributed by atoms with Crippen molar-refractivity contribution in [1.29, 1.82) is 0 Å². The van der Waals surface area contributed by atoms with Gasteiger partial charge in [0.15, 0.2) is 5.75 Å². The average molecular weight is 403 g/mol. The molecule has 0 amide bonds. The molecule has 28 heavy (non-hydrogen) atoms. The van der Waals surface area contributed by atoms with Crippen LogP contribution in [0.5, 0.6) is 5.75 Å². The lowest BCUT2D eigenvalue weighted by Gasteiger charge is -2.15. The van der Waals surface area contributed by atoms with Crippen LogP contribution in [0.4, 0.5) is 26.3 Å². The van der Waals surface area contributed by atoms with E-state index in [-0.39, 0.29) is 5.89 Å². The van der Waals surface area contributed by atoms with Crippen molar-refractivity contribution < 1.29 is 40.3 Å². The van der Waals surface area contributed by atoms with Gasteiger partial charge in [0.2, 0.25) is 5.89 Å². The third kappa shape index (κ3) is 3.94. The minimum atomic E-state index is -5.51. The van der Waals surface area contributed by atoms with Crippen molar-refractivity contribution in [2.75, 3.05) is 0 Å². The summed E-state index contributed by atoms with van der Waals surface area (Å²) >= 11 is 0. The van der Waals surface area contributed by atoms with Crippen molar-refractivity contribution >= 4 is 5.97 Å². The van der Waals surface area contributed by atoms with Gasteiger partial charge in [0, 0.05) is 12.4 Å². The van der Waals surface area contributed by atoms with Gasteiger partial charge in [-0.15, -0.1) is 10.2 Å². The van der Waals surface area contributed by atoms with E-state index in [1.54, 1.807) is 0 Å². The van der Waals surface area contributed by atoms with Gasteiger partial charge in [0.1, 0.15) is 0 Å². The number of alkyl halides is 6. The first kappa shape index (κ1) is 19.3. The maximum absolute atomic E-state index is 13.2. The second-order valence-corrected chi connectivity index (χ2v) is 5.22. The van der Waals surface area contributed by atoms with E-state index < -0.39 is 41.1 Å². The number of benzene rings is 1. The van der Waals surface area contributed by atoms with E-state index in [0.717, 1.165) is 12.1 Å². The number of esters is 1. The Kier molecular flexibility index (Phi) is 4.79. The maximum atomic E-state index is 13.2. The van der Waals surface area contributed by atoms with E-state index in [9.17, 15) is 31.1 Å². The van der Waals surface area contributed by atoms with Gasteiger partial charge in [0.25, 0.3) is 5.89 Å². The van der Waals surface area contributed by atoms with E-state index >= 15 is 0 Å². The number of carbonyl (C=O) groups excluding carboxylic acids is 1. The molecule has 0 saturated carbocycles. The van der Waals surface area contributed by atoms with Crippen molar-refractivity contribution in [2.45, 2.75) is 12.4 Å². The van der Waals surface area contributed by atoms with E-state index in [1.807, 2.05) is 0 Å². The molecule has 2 heterocycles. The van der Waals surface area contributed by atoms with Crippen LogP contribution in [0.1, 0.15) is 5.56 Å². The highest BCUT2D eigenvalue weighted by molar-refractivity contribution is 5.81. The molecule has 3 rings (SSSR count). The average Bonchev–Trinajstić information content (AvgIpc) is 3.11. The zero-order valence-corrected chi connectivity index (χ0v) is 13.4. The molecule has 0 radical (unpaired) electrons. The van der Waals surface area contributed by atoms with Gasteiger partial charge in [0.05, 0.1) is 16.7 Å². The third-order valence-corrected chi connectivity index (χ3v) is 3.31. The number of rotatable bonds is 3. The van der Waals surface area contributed by atoms with Crippen LogP contribution in [0.3, 0.4) is 0 Å². The van der Waals surface area contributed by atoms with Gasteiger partial charge >= 0.3 is 18.3 Å². The lowest BCUT2D eigenvalue weighted by atomic mass is 10.1. The summed E-state index contributed by atoms with van der Waals surface area (Å²) in [4.78, 5) is 14.9. The summed E-state index contributed by atoms with van der Waals surface area (Å²) in [6.07, 6.45) is -7.84. The molecule has 0 aliphatic carbocycles. The Labute approximate surface area is 151 Å². The Morgan fingerprint density at radius 3 is 2.29 bits per heavy atom. The second kappa shape index (κ2) is 6.94. The molecule has 12 heteroatoms. The zero-order chi connectivity index (χ0) is 20.5. The van der Waals surface area contributed by atoms with Crippen molar-refractivity contribution in [1.82, 2.24) is 15.2 Å². The molecule has 3 aromatic rings. The van der Waals surface area contributed by atoms with Gasteiger partial charge < -0.3 is 9.15 Å². The first-order valence-electron chi connectivity index (χ1n) is 7.31. The summed E-state index contributed by atoms with van der Waals surface area (Å²) in [5, 5.41) is 7.15. The highest BCUT2D eigenvalue weighted by Crippen LogP contribution is 2.42. The summed E-state index contributed by atoms with van der Waals surface area (Å²) < 4.78 is 86.4. The first-order chi connectivity index (χ1) is 13.1. The Hall–Kier alpha value is -3.44. The van der Waals surface area contributed by atoms with Gasteiger partial charge in [-0.05, 0) is 24.3 Å². The smallest absolute Gasteiger partial charge is 0.418 e. The van der Waals surface area contributed by atoms with Gasteiger partial charge in [-0.1, -0.05) is 6.07 Å². The molecule has 0 aliphatic rings. The number of para-hydroxylation sites is 1. The van der Waals surface area contributed by atoms with Gasteiger partial charge in [-0.25, -0.2) is 4.79 Å². The van der Waals surface area contributed by atoms with Gasteiger partial charge in [-0.3, -0.25) is 4.98 Å². The number of pyridine rings is 1. The lowest BCUT2D eigenvalue weighted by Crippen LogP contribution is -2.29. The molecule has 146 valence electrons. The molecular formula is C16H7F6N3O3. The number of carbonyl (C=O) groups is 1. The largest absolute Gasteiger partial charge is 0.491 e. The van der Waals surface area contributed by atoms with Crippen molar-refractivity contribution in [3.8, 4) is 28.7 Å². The van der Waals surface area contributed by atoms with Crippen molar-refractivity contribution in [3.05, 3.63) is 48.3 Å². The molecule has 6 nitrogen and oxygen atoms in total. The van der Waals surface area contributed by atoms with Crippen LogP contribution in [0.15, 0.2) is 47.1 Å². The molecule has 1 aromatic carbocycles. The summed E-state index contributed by atoms with van der Waals surface area (Å²) in [7, 11) is 0. The molecule has 0 N–H and O–H groups in total. The zero-order valence-electron chi connectivity index (χ0n) is 13.4. The number of aromatic nitrogens is 3. The summed E-state index contributed by atoms with van der Waals surface area (Å²) in [5.74, 6) is -4.93. The predicted octanol–water partition coefficient (Wildman–Crippen LogP) is 4.29. The van der Waals surface area contributed by atoms with Crippen LogP contribution in [-0.4, -0.2) is 27.3 Å². The molecule has 0 unspecified atom stereocenters. The Balaban J connectivity index is 2.11. The number of hydrogen-bond acceptors (Lipinski definition) is 6. The Morgan fingerprint density at radius 2 is 1.68 bits per heavy atom. The molecule has 0 fully saturated rings. The molecular weight excluding hydrogens is 396 g/mol. The fourth-order valence-electron chi connectivity index (χ4n) is 2.13. The highest BCUT2D eigenvalue weighted by atomic mass is 19.4. The first-order valence-corrected chi connectivity index (χ1v) is 7.31. The van der Waals surface area contributed by atoms with Crippen LogP contribution in [-0.2, 0) is 11.0 Å².